The molecule has 0 fully saturated rings. The molecule has 0 saturated heterocycles. The van der Waals surface area contributed by atoms with Gasteiger partial charge in [-0.15, -0.1) is 11.3 Å². The van der Waals surface area contributed by atoms with Crippen LogP contribution >= 0.6 is 27.3 Å². The van der Waals surface area contributed by atoms with Gasteiger partial charge in [0.2, 0.25) is 5.76 Å². The van der Waals surface area contributed by atoms with E-state index in [1.54, 1.807) is 0 Å². The van der Waals surface area contributed by atoms with E-state index in [1.165, 1.54) is 23.5 Å². The molecule has 6 heteroatoms. The third-order valence-corrected chi connectivity index (χ3v) is 4.44. The maximum absolute atomic E-state index is 10.7. The number of carboxylic acids is 1. The molecule has 0 aliphatic rings. The predicted molar refractivity (Wildman–Crippen MR) is 66.5 cm³/mol. The zero-order chi connectivity index (χ0) is 12.6. The van der Waals surface area contributed by atoms with Gasteiger partial charge in [-0.05, 0) is 46.6 Å². The highest BCUT2D eigenvalue weighted by molar-refractivity contribution is 9.11. The van der Waals surface area contributed by atoms with Gasteiger partial charge in [0.25, 0.3) is 0 Å². The summed E-state index contributed by atoms with van der Waals surface area (Å²) >= 11 is 4.76. The number of hydrogen-bond donors (Lipinski definition) is 2. The Hall–Kier alpha value is -1.11. The second kappa shape index (κ2) is 4.64. The second-order valence-corrected chi connectivity index (χ2v) is 5.92. The first-order chi connectivity index (χ1) is 7.99. The van der Waals surface area contributed by atoms with Crippen LogP contribution in [0.4, 0.5) is 0 Å². The van der Waals surface area contributed by atoms with Gasteiger partial charge in [0.15, 0.2) is 0 Å². The number of thiophene rings is 1. The molecule has 4 nitrogen and oxygen atoms in total. The summed E-state index contributed by atoms with van der Waals surface area (Å²) in [5.41, 5.74) is 1.02. The lowest BCUT2D eigenvalue weighted by Crippen LogP contribution is -1.96. The lowest BCUT2D eigenvalue weighted by Gasteiger charge is -2.03. The average molecular weight is 317 g/mol. The topological polar surface area (TPSA) is 70.7 Å². The van der Waals surface area contributed by atoms with Crippen LogP contribution in [-0.4, -0.2) is 16.2 Å². The van der Waals surface area contributed by atoms with Crippen molar-refractivity contribution in [1.29, 1.82) is 0 Å². The monoisotopic (exact) mass is 316 g/mol. The van der Waals surface area contributed by atoms with E-state index in [0.29, 0.717) is 4.88 Å². The Kier molecular flexibility index (Phi) is 3.37. The fourth-order valence-corrected chi connectivity index (χ4v) is 2.94. The third-order valence-electron chi connectivity index (χ3n) is 2.25. The number of aliphatic hydroxyl groups excluding tert-OH is 1. The Morgan fingerprint density at radius 3 is 2.71 bits per heavy atom. The van der Waals surface area contributed by atoms with E-state index < -0.39 is 12.1 Å². The van der Waals surface area contributed by atoms with Gasteiger partial charge in [-0.2, -0.15) is 0 Å². The molecule has 0 radical (unpaired) electrons. The highest BCUT2D eigenvalue weighted by Gasteiger charge is 2.19. The SMILES string of the molecule is Cc1cc(C(O)c2ccc(C(=O)O)o2)sc1Br. The second-order valence-electron chi connectivity index (χ2n) is 3.52. The minimum Gasteiger partial charge on any atom is -0.475 e. The van der Waals surface area contributed by atoms with E-state index in [2.05, 4.69) is 15.9 Å². The molecule has 0 aromatic carbocycles. The first-order valence-electron chi connectivity index (χ1n) is 4.76. The fourth-order valence-electron chi connectivity index (χ4n) is 1.37. The molecule has 0 bridgehead atoms. The molecule has 2 aromatic rings. The summed E-state index contributed by atoms with van der Waals surface area (Å²) in [5, 5.41) is 18.7. The molecule has 2 heterocycles. The number of halogens is 1. The van der Waals surface area contributed by atoms with Gasteiger partial charge in [-0.25, -0.2) is 4.79 Å². The highest BCUT2D eigenvalue weighted by Crippen LogP contribution is 2.34. The Bertz CT molecular complexity index is 538. The number of carboxylic acid groups (broad SMARTS) is 1. The number of aliphatic hydroxyl groups is 1. The summed E-state index contributed by atoms with van der Waals surface area (Å²) in [6.45, 7) is 1.92. The van der Waals surface area contributed by atoms with Gasteiger partial charge in [-0.3, -0.25) is 0 Å². The summed E-state index contributed by atoms with van der Waals surface area (Å²) in [5.74, 6) is -1.09. The van der Waals surface area contributed by atoms with Crippen LogP contribution in [0.3, 0.4) is 0 Å². The van der Waals surface area contributed by atoms with Crippen molar-refractivity contribution < 1.29 is 19.4 Å². The molecule has 2 aromatic heterocycles. The van der Waals surface area contributed by atoms with E-state index in [0.717, 1.165) is 9.35 Å². The van der Waals surface area contributed by atoms with Crippen molar-refractivity contribution in [2.45, 2.75) is 13.0 Å². The summed E-state index contributed by atoms with van der Waals surface area (Å²) in [7, 11) is 0. The van der Waals surface area contributed by atoms with E-state index in [9.17, 15) is 9.90 Å². The largest absolute Gasteiger partial charge is 0.475 e. The van der Waals surface area contributed by atoms with Crippen molar-refractivity contribution in [3.8, 4) is 0 Å². The summed E-state index contributed by atoms with van der Waals surface area (Å²) in [4.78, 5) is 11.4. The first-order valence-corrected chi connectivity index (χ1v) is 6.37. The van der Waals surface area contributed by atoms with Crippen molar-refractivity contribution in [2.24, 2.45) is 0 Å². The van der Waals surface area contributed by atoms with E-state index in [1.807, 2.05) is 13.0 Å². The smallest absolute Gasteiger partial charge is 0.371 e. The van der Waals surface area contributed by atoms with Crippen LogP contribution in [0.25, 0.3) is 0 Å². The molecule has 1 atom stereocenters. The van der Waals surface area contributed by atoms with Crippen molar-refractivity contribution in [3.05, 3.63) is 43.9 Å². The van der Waals surface area contributed by atoms with Crippen LogP contribution in [0.2, 0.25) is 0 Å². The summed E-state index contributed by atoms with van der Waals surface area (Å²) < 4.78 is 5.99. The molecule has 0 amide bonds. The zero-order valence-electron chi connectivity index (χ0n) is 8.81. The highest BCUT2D eigenvalue weighted by atomic mass is 79.9. The minimum atomic E-state index is -1.15. The van der Waals surface area contributed by atoms with Gasteiger partial charge >= 0.3 is 5.97 Å². The van der Waals surface area contributed by atoms with Crippen molar-refractivity contribution in [2.75, 3.05) is 0 Å². The molecular formula is C11H9BrO4S. The number of carbonyl (C=O) groups is 1. The molecule has 0 aliphatic heterocycles. The summed E-state index contributed by atoms with van der Waals surface area (Å²) in [6, 6.07) is 4.63. The van der Waals surface area contributed by atoms with Crippen molar-refractivity contribution in [1.82, 2.24) is 0 Å². The van der Waals surface area contributed by atoms with Gasteiger partial charge in [0.1, 0.15) is 11.9 Å². The molecule has 0 aliphatic carbocycles. The fraction of sp³-hybridized carbons (Fsp3) is 0.182. The van der Waals surface area contributed by atoms with Crippen LogP contribution in [0.15, 0.2) is 26.4 Å². The van der Waals surface area contributed by atoms with E-state index in [-0.39, 0.29) is 11.5 Å². The molecule has 0 saturated carbocycles. The maximum Gasteiger partial charge on any atom is 0.371 e. The zero-order valence-corrected chi connectivity index (χ0v) is 11.2. The first kappa shape index (κ1) is 12.3. The van der Waals surface area contributed by atoms with Crippen LogP contribution in [-0.2, 0) is 0 Å². The normalized spacial score (nSPS) is 12.6. The van der Waals surface area contributed by atoms with Crippen molar-refractivity contribution in [3.63, 3.8) is 0 Å². The minimum absolute atomic E-state index is 0.175. The van der Waals surface area contributed by atoms with E-state index in [4.69, 9.17) is 9.52 Å². The molecular weight excluding hydrogens is 308 g/mol. The molecule has 2 N–H and O–H groups in total. The predicted octanol–water partition coefficient (Wildman–Crippen LogP) is 3.19. The Balaban J connectivity index is 2.30. The molecule has 2 rings (SSSR count). The lowest BCUT2D eigenvalue weighted by molar-refractivity contribution is 0.0655. The van der Waals surface area contributed by atoms with Gasteiger partial charge in [-0.1, -0.05) is 0 Å². The van der Waals surface area contributed by atoms with Crippen LogP contribution < -0.4 is 0 Å². The van der Waals surface area contributed by atoms with Crippen LogP contribution in [0.1, 0.15) is 32.9 Å². The molecule has 90 valence electrons. The number of hydrogen-bond acceptors (Lipinski definition) is 4. The number of aryl methyl sites for hydroxylation is 1. The third kappa shape index (κ3) is 2.43. The van der Waals surface area contributed by atoms with Gasteiger partial charge in [0, 0.05) is 4.88 Å². The Morgan fingerprint density at radius 1 is 1.53 bits per heavy atom. The van der Waals surface area contributed by atoms with Gasteiger partial charge < -0.3 is 14.6 Å². The number of rotatable bonds is 3. The maximum atomic E-state index is 10.7. The van der Waals surface area contributed by atoms with Crippen LogP contribution in [0, 0.1) is 6.92 Å². The molecule has 0 spiro atoms. The number of furan rings is 1. The Morgan fingerprint density at radius 2 is 2.24 bits per heavy atom. The standard InChI is InChI=1S/C11H9BrO4S/c1-5-4-8(17-10(5)12)9(13)6-2-3-7(16-6)11(14)15/h2-4,9,13H,1H3,(H,14,15). The van der Waals surface area contributed by atoms with Gasteiger partial charge in [0.05, 0.1) is 3.79 Å². The van der Waals surface area contributed by atoms with Crippen LogP contribution in [0.5, 0.6) is 0 Å². The number of aromatic carboxylic acids is 1. The molecule has 1 unspecified atom stereocenters. The summed E-state index contributed by atoms with van der Waals surface area (Å²) in [6.07, 6.45) is -0.932. The lowest BCUT2D eigenvalue weighted by atomic mass is 10.2. The quantitative estimate of drug-likeness (QED) is 0.912. The van der Waals surface area contributed by atoms with E-state index >= 15 is 0 Å². The average Bonchev–Trinajstić information content (AvgIpc) is 2.86. The van der Waals surface area contributed by atoms with Crippen molar-refractivity contribution >= 4 is 33.2 Å². The Labute approximate surface area is 110 Å². The molecule has 17 heavy (non-hydrogen) atoms.